The Bertz CT molecular complexity index is 325. The second-order valence-corrected chi connectivity index (χ2v) is 4.44. The van der Waals surface area contributed by atoms with Crippen LogP contribution < -0.4 is 10.6 Å². The summed E-state index contributed by atoms with van der Waals surface area (Å²) in [6, 6.07) is 6.50. The van der Waals surface area contributed by atoms with E-state index in [0.29, 0.717) is 0 Å². The zero-order valence-corrected chi connectivity index (χ0v) is 9.21. The summed E-state index contributed by atoms with van der Waals surface area (Å²) in [5.41, 5.74) is 8.55. The summed E-state index contributed by atoms with van der Waals surface area (Å²) in [6.07, 6.45) is 1.04. The standard InChI is InChI=1S/C10H13BrN2/c1-13-5-4-9(12)8-6-7(11)2-3-10(8)13/h2-3,6,9H,4-5,12H2,1H3. The second kappa shape index (κ2) is 3.31. The summed E-state index contributed by atoms with van der Waals surface area (Å²) < 4.78 is 1.11. The highest BCUT2D eigenvalue weighted by atomic mass is 79.9. The fraction of sp³-hybridized carbons (Fsp3) is 0.400. The van der Waals surface area contributed by atoms with Gasteiger partial charge in [-0.3, -0.25) is 0 Å². The van der Waals surface area contributed by atoms with E-state index >= 15 is 0 Å². The average Bonchev–Trinajstić information content (AvgIpc) is 2.12. The molecule has 0 aromatic heterocycles. The van der Waals surface area contributed by atoms with Crippen molar-refractivity contribution in [1.29, 1.82) is 0 Å². The normalized spacial score (nSPS) is 21.5. The van der Waals surface area contributed by atoms with Crippen molar-refractivity contribution in [2.24, 2.45) is 5.73 Å². The van der Waals surface area contributed by atoms with Crippen molar-refractivity contribution in [2.45, 2.75) is 12.5 Å². The van der Waals surface area contributed by atoms with Crippen LogP contribution in [0.3, 0.4) is 0 Å². The number of nitrogens with two attached hydrogens (primary N) is 1. The molecule has 0 saturated carbocycles. The van der Waals surface area contributed by atoms with Gasteiger partial charge in [0.2, 0.25) is 0 Å². The van der Waals surface area contributed by atoms with Crippen LogP contribution in [0.2, 0.25) is 0 Å². The molecule has 1 heterocycles. The minimum Gasteiger partial charge on any atom is -0.374 e. The van der Waals surface area contributed by atoms with Crippen molar-refractivity contribution >= 4 is 21.6 Å². The van der Waals surface area contributed by atoms with Gasteiger partial charge in [-0.15, -0.1) is 0 Å². The van der Waals surface area contributed by atoms with Gasteiger partial charge in [0, 0.05) is 29.8 Å². The maximum atomic E-state index is 6.03. The van der Waals surface area contributed by atoms with Gasteiger partial charge < -0.3 is 10.6 Å². The Morgan fingerprint density at radius 3 is 3.08 bits per heavy atom. The van der Waals surface area contributed by atoms with Gasteiger partial charge in [0.1, 0.15) is 0 Å². The van der Waals surface area contributed by atoms with Gasteiger partial charge in [0.15, 0.2) is 0 Å². The van der Waals surface area contributed by atoms with Crippen LogP contribution in [0.1, 0.15) is 18.0 Å². The molecule has 1 aromatic carbocycles. The Morgan fingerprint density at radius 2 is 2.31 bits per heavy atom. The number of fused-ring (bicyclic) bond motifs is 1. The van der Waals surface area contributed by atoms with Crippen LogP contribution in [0, 0.1) is 0 Å². The van der Waals surface area contributed by atoms with Crippen LogP contribution in [0.5, 0.6) is 0 Å². The number of halogens is 1. The molecule has 1 atom stereocenters. The van der Waals surface area contributed by atoms with Crippen molar-refractivity contribution in [3.63, 3.8) is 0 Å². The highest BCUT2D eigenvalue weighted by Gasteiger charge is 2.19. The molecule has 0 spiro atoms. The number of hydrogen-bond donors (Lipinski definition) is 1. The van der Waals surface area contributed by atoms with Gasteiger partial charge in [-0.1, -0.05) is 15.9 Å². The minimum absolute atomic E-state index is 0.198. The molecule has 0 amide bonds. The molecule has 1 unspecified atom stereocenters. The van der Waals surface area contributed by atoms with E-state index in [0.717, 1.165) is 17.4 Å². The molecule has 0 radical (unpaired) electrons. The summed E-state index contributed by atoms with van der Waals surface area (Å²) >= 11 is 3.46. The second-order valence-electron chi connectivity index (χ2n) is 3.52. The van der Waals surface area contributed by atoms with Crippen LogP contribution in [-0.4, -0.2) is 13.6 Å². The summed E-state index contributed by atoms with van der Waals surface area (Å²) in [7, 11) is 2.11. The van der Waals surface area contributed by atoms with E-state index in [1.165, 1.54) is 11.3 Å². The van der Waals surface area contributed by atoms with Gasteiger partial charge in [0.05, 0.1) is 0 Å². The quantitative estimate of drug-likeness (QED) is 0.755. The summed E-state index contributed by atoms with van der Waals surface area (Å²) in [5, 5.41) is 0. The first-order valence-electron chi connectivity index (χ1n) is 4.44. The highest BCUT2D eigenvalue weighted by Crippen LogP contribution is 2.33. The molecule has 3 heteroatoms. The molecule has 2 N–H and O–H groups in total. The number of anilines is 1. The maximum Gasteiger partial charge on any atom is 0.0412 e. The van der Waals surface area contributed by atoms with Crippen molar-refractivity contribution < 1.29 is 0 Å². The maximum absolute atomic E-state index is 6.03. The molecule has 1 aliphatic rings. The smallest absolute Gasteiger partial charge is 0.0412 e. The van der Waals surface area contributed by atoms with Crippen LogP contribution in [0.15, 0.2) is 22.7 Å². The van der Waals surface area contributed by atoms with E-state index in [9.17, 15) is 0 Å². The summed E-state index contributed by atoms with van der Waals surface area (Å²) in [4.78, 5) is 2.26. The molecule has 1 aliphatic heterocycles. The monoisotopic (exact) mass is 240 g/mol. The molecule has 0 aliphatic carbocycles. The number of benzene rings is 1. The highest BCUT2D eigenvalue weighted by molar-refractivity contribution is 9.10. The Hall–Kier alpha value is -0.540. The first kappa shape index (κ1) is 9.03. The number of nitrogens with zero attached hydrogens (tertiary/aromatic N) is 1. The Morgan fingerprint density at radius 1 is 1.54 bits per heavy atom. The van der Waals surface area contributed by atoms with Crippen molar-refractivity contribution in [3.8, 4) is 0 Å². The summed E-state index contributed by atoms with van der Waals surface area (Å²) in [6.45, 7) is 1.05. The molecule has 13 heavy (non-hydrogen) atoms. The fourth-order valence-electron chi connectivity index (χ4n) is 1.78. The molecular formula is C10H13BrN2. The fourth-order valence-corrected chi connectivity index (χ4v) is 2.16. The molecule has 0 bridgehead atoms. The zero-order valence-electron chi connectivity index (χ0n) is 7.63. The van der Waals surface area contributed by atoms with Crippen molar-refractivity contribution in [2.75, 3.05) is 18.5 Å². The van der Waals surface area contributed by atoms with Crippen molar-refractivity contribution in [1.82, 2.24) is 0 Å². The average molecular weight is 241 g/mol. The lowest BCUT2D eigenvalue weighted by atomic mass is 9.98. The van der Waals surface area contributed by atoms with Gasteiger partial charge in [-0.25, -0.2) is 0 Å². The van der Waals surface area contributed by atoms with E-state index in [2.05, 4.69) is 46.1 Å². The Labute approximate surface area is 86.9 Å². The Balaban J connectivity index is 2.50. The number of hydrogen-bond acceptors (Lipinski definition) is 2. The van der Waals surface area contributed by atoms with E-state index < -0.39 is 0 Å². The van der Waals surface area contributed by atoms with Crippen LogP contribution in [-0.2, 0) is 0 Å². The number of rotatable bonds is 0. The van der Waals surface area contributed by atoms with Gasteiger partial charge in [-0.2, -0.15) is 0 Å². The van der Waals surface area contributed by atoms with Crippen molar-refractivity contribution in [3.05, 3.63) is 28.2 Å². The molecular weight excluding hydrogens is 228 g/mol. The first-order valence-corrected chi connectivity index (χ1v) is 5.24. The molecule has 0 saturated heterocycles. The minimum atomic E-state index is 0.198. The predicted molar refractivity (Wildman–Crippen MR) is 59.0 cm³/mol. The van der Waals surface area contributed by atoms with Crippen LogP contribution >= 0.6 is 15.9 Å². The largest absolute Gasteiger partial charge is 0.374 e. The lowest BCUT2D eigenvalue weighted by Crippen LogP contribution is -2.30. The van der Waals surface area contributed by atoms with E-state index in [4.69, 9.17) is 5.73 Å². The molecule has 0 fully saturated rings. The topological polar surface area (TPSA) is 29.3 Å². The Kier molecular flexibility index (Phi) is 2.30. The van der Waals surface area contributed by atoms with Gasteiger partial charge in [-0.05, 0) is 30.2 Å². The predicted octanol–water partition coefficient (Wildman–Crippen LogP) is 2.29. The van der Waals surface area contributed by atoms with E-state index in [1.54, 1.807) is 0 Å². The third-order valence-corrected chi connectivity index (χ3v) is 3.07. The van der Waals surface area contributed by atoms with Gasteiger partial charge >= 0.3 is 0 Å². The van der Waals surface area contributed by atoms with Crippen LogP contribution in [0.4, 0.5) is 5.69 Å². The van der Waals surface area contributed by atoms with E-state index in [-0.39, 0.29) is 6.04 Å². The third-order valence-electron chi connectivity index (χ3n) is 2.58. The first-order chi connectivity index (χ1) is 6.18. The molecule has 2 nitrogen and oxygen atoms in total. The van der Waals surface area contributed by atoms with E-state index in [1.807, 2.05) is 0 Å². The lowest BCUT2D eigenvalue weighted by Gasteiger charge is -2.31. The van der Waals surface area contributed by atoms with Gasteiger partial charge in [0.25, 0.3) is 0 Å². The zero-order chi connectivity index (χ0) is 9.42. The van der Waals surface area contributed by atoms with Crippen LogP contribution in [0.25, 0.3) is 0 Å². The third kappa shape index (κ3) is 1.58. The molecule has 70 valence electrons. The molecule has 2 rings (SSSR count). The lowest BCUT2D eigenvalue weighted by molar-refractivity contribution is 0.614. The molecule has 1 aromatic rings. The summed E-state index contributed by atoms with van der Waals surface area (Å²) in [5.74, 6) is 0. The SMILES string of the molecule is CN1CCC(N)c2cc(Br)ccc21.